The SMILES string of the molecule is COc1ccc(N)cc1CNC(=O)N1CCCCC1. The minimum Gasteiger partial charge on any atom is -0.496 e. The second kappa shape index (κ2) is 6.31. The Hall–Kier alpha value is -1.91. The molecule has 0 aromatic heterocycles. The molecule has 0 unspecified atom stereocenters. The van der Waals surface area contributed by atoms with E-state index in [2.05, 4.69) is 5.32 Å². The van der Waals surface area contributed by atoms with Gasteiger partial charge in [0.25, 0.3) is 0 Å². The molecule has 2 amide bonds. The van der Waals surface area contributed by atoms with Crippen LogP contribution >= 0.6 is 0 Å². The van der Waals surface area contributed by atoms with E-state index >= 15 is 0 Å². The van der Waals surface area contributed by atoms with E-state index in [-0.39, 0.29) is 6.03 Å². The number of nitrogens with zero attached hydrogens (tertiary/aromatic N) is 1. The molecule has 0 atom stereocenters. The first kappa shape index (κ1) is 13.5. The second-order valence-corrected chi connectivity index (χ2v) is 4.78. The normalized spacial score (nSPS) is 15.1. The zero-order valence-corrected chi connectivity index (χ0v) is 11.3. The van der Waals surface area contributed by atoms with Crippen LogP contribution in [0.2, 0.25) is 0 Å². The zero-order valence-electron chi connectivity index (χ0n) is 11.3. The summed E-state index contributed by atoms with van der Waals surface area (Å²) in [4.78, 5) is 13.9. The van der Waals surface area contributed by atoms with Gasteiger partial charge in [0.05, 0.1) is 7.11 Å². The fraction of sp³-hybridized carbons (Fsp3) is 0.500. The third-order valence-electron chi connectivity index (χ3n) is 3.38. The monoisotopic (exact) mass is 263 g/mol. The van der Waals surface area contributed by atoms with Crippen LogP contribution in [0.5, 0.6) is 5.75 Å². The molecule has 0 saturated carbocycles. The summed E-state index contributed by atoms with van der Waals surface area (Å²) < 4.78 is 5.26. The van der Waals surface area contributed by atoms with Crippen molar-refractivity contribution in [3.05, 3.63) is 23.8 Å². The Kier molecular flexibility index (Phi) is 4.49. The standard InChI is InChI=1S/C14H21N3O2/c1-19-13-6-5-12(15)9-11(13)10-16-14(18)17-7-3-2-4-8-17/h5-6,9H,2-4,7-8,10,15H2,1H3,(H,16,18). The van der Waals surface area contributed by atoms with Gasteiger partial charge in [0.2, 0.25) is 0 Å². The lowest BCUT2D eigenvalue weighted by molar-refractivity contribution is 0.186. The maximum Gasteiger partial charge on any atom is 0.317 e. The van der Waals surface area contributed by atoms with E-state index in [1.165, 1.54) is 6.42 Å². The molecule has 19 heavy (non-hydrogen) atoms. The summed E-state index contributed by atoms with van der Waals surface area (Å²) in [6, 6.07) is 5.42. The first-order chi connectivity index (χ1) is 9.20. The predicted molar refractivity (Wildman–Crippen MR) is 75.1 cm³/mol. The number of carbonyl (C=O) groups is 1. The lowest BCUT2D eigenvalue weighted by atomic mass is 10.1. The number of ether oxygens (including phenoxy) is 1. The Bertz CT molecular complexity index is 442. The van der Waals surface area contributed by atoms with Crippen LogP contribution in [0.15, 0.2) is 18.2 Å². The van der Waals surface area contributed by atoms with Gasteiger partial charge in [-0.1, -0.05) is 0 Å². The van der Waals surface area contributed by atoms with Gasteiger partial charge in [-0.3, -0.25) is 0 Å². The van der Waals surface area contributed by atoms with Crippen molar-refractivity contribution in [1.82, 2.24) is 10.2 Å². The molecule has 1 fully saturated rings. The van der Waals surface area contributed by atoms with Crippen molar-refractivity contribution < 1.29 is 9.53 Å². The number of carbonyl (C=O) groups excluding carboxylic acids is 1. The van der Waals surface area contributed by atoms with Crippen LogP contribution < -0.4 is 15.8 Å². The number of nitrogens with two attached hydrogens (primary N) is 1. The molecular formula is C14H21N3O2. The van der Waals surface area contributed by atoms with Crippen LogP contribution in [0.4, 0.5) is 10.5 Å². The van der Waals surface area contributed by atoms with Gasteiger partial charge >= 0.3 is 6.03 Å². The number of hydrogen-bond acceptors (Lipinski definition) is 3. The van der Waals surface area contributed by atoms with Crippen LogP contribution in [-0.4, -0.2) is 31.1 Å². The number of anilines is 1. The Morgan fingerprint density at radius 1 is 1.37 bits per heavy atom. The smallest absolute Gasteiger partial charge is 0.317 e. The average Bonchev–Trinajstić information content (AvgIpc) is 2.46. The third kappa shape index (κ3) is 3.53. The number of amides is 2. The first-order valence-electron chi connectivity index (χ1n) is 6.66. The van der Waals surface area contributed by atoms with Crippen molar-refractivity contribution in [3.63, 3.8) is 0 Å². The summed E-state index contributed by atoms with van der Waals surface area (Å²) in [5.41, 5.74) is 7.32. The highest BCUT2D eigenvalue weighted by atomic mass is 16.5. The maximum atomic E-state index is 12.0. The number of methoxy groups -OCH3 is 1. The summed E-state index contributed by atoms with van der Waals surface area (Å²) in [6.45, 7) is 2.13. The van der Waals surface area contributed by atoms with Crippen LogP contribution in [-0.2, 0) is 6.54 Å². The summed E-state index contributed by atoms with van der Waals surface area (Å²) in [5.74, 6) is 0.744. The number of benzene rings is 1. The molecule has 1 saturated heterocycles. The minimum atomic E-state index is -0.0100. The number of likely N-dealkylation sites (tertiary alicyclic amines) is 1. The highest BCUT2D eigenvalue weighted by molar-refractivity contribution is 5.74. The molecule has 0 radical (unpaired) electrons. The highest BCUT2D eigenvalue weighted by Gasteiger charge is 2.16. The topological polar surface area (TPSA) is 67.6 Å². The Morgan fingerprint density at radius 2 is 2.11 bits per heavy atom. The quantitative estimate of drug-likeness (QED) is 0.819. The lowest BCUT2D eigenvalue weighted by Crippen LogP contribution is -2.42. The Balaban J connectivity index is 1.94. The van der Waals surface area contributed by atoms with Crippen molar-refractivity contribution in [2.75, 3.05) is 25.9 Å². The highest BCUT2D eigenvalue weighted by Crippen LogP contribution is 2.20. The van der Waals surface area contributed by atoms with Gasteiger partial charge in [0.15, 0.2) is 0 Å². The lowest BCUT2D eigenvalue weighted by Gasteiger charge is -2.27. The summed E-state index contributed by atoms with van der Waals surface area (Å²) in [5, 5.41) is 2.92. The molecule has 1 aliphatic rings. The van der Waals surface area contributed by atoms with Gasteiger partial charge in [-0.15, -0.1) is 0 Å². The summed E-state index contributed by atoms with van der Waals surface area (Å²) >= 11 is 0. The maximum absolute atomic E-state index is 12.0. The van der Waals surface area contributed by atoms with Gasteiger partial charge in [0.1, 0.15) is 5.75 Å². The molecule has 5 nitrogen and oxygen atoms in total. The van der Waals surface area contributed by atoms with Crippen molar-refractivity contribution in [2.45, 2.75) is 25.8 Å². The number of urea groups is 1. The number of nitrogen functional groups attached to an aromatic ring is 1. The molecule has 1 aliphatic heterocycles. The molecule has 1 aromatic carbocycles. The number of hydrogen-bond donors (Lipinski definition) is 2. The Morgan fingerprint density at radius 3 is 2.79 bits per heavy atom. The molecule has 104 valence electrons. The molecule has 0 aliphatic carbocycles. The van der Waals surface area contributed by atoms with Crippen LogP contribution in [0.1, 0.15) is 24.8 Å². The molecule has 0 spiro atoms. The van der Waals surface area contributed by atoms with Crippen molar-refractivity contribution in [2.24, 2.45) is 0 Å². The number of nitrogens with one attached hydrogen (secondary N) is 1. The summed E-state index contributed by atoms with van der Waals surface area (Å²) in [6.07, 6.45) is 3.40. The summed E-state index contributed by atoms with van der Waals surface area (Å²) in [7, 11) is 1.61. The van der Waals surface area contributed by atoms with E-state index < -0.39 is 0 Å². The van der Waals surface area contributed by atoms with E-state index in [4.69, 9.17) is 10.5 Å². The molecule has 1 heterocycles. The molecule has 1 aromatic rings. The Labute approximate surface area is 113 Å². The van der Waals surface area contributed by atoms with Gasteiger partial charge in [-0.2, -0.15) is 0 Å². The van der Waals surface area contributed by atoms with Crippen molar-refractivity contribution in [1.29, 1.82) is 0 Å². The largest absolute Gasteiger partial charge is 0.496 e. The minimum absolute atomic E-state index is 0.0100. The zero-order chi connectivity index (χ0) is 13.7. The molecule has 5 heteroatoms. The van der Waals surface area contributed by atoms with Gasteiger partial charge < -0.3 is 20.7 Å². The van der Waals surface area contributed by atoms with E-state index in [0.29, 0.717) is 12.2 Å². The average molecular weight is 263 g/mol. The van der Waals surface area contributed by atoms with Crippen molar-refractivity contribution >= 4 is 11.7 Å². The number of piperidine rings is 1. The van der Waals surface area contributed by atoms with Gasteiger partial charge in [-0.05, 0) is 37.5 Å². The second-order valence-electron chi connectivity index (χ2n) is 4.78. The number of rotatable bonds is 3. The van der Waals surface area contributed by atoms with Crippen LogP contribution in [0, 0.1) is 0 Å². The first-order valence-corrected chi connectivity index (χ1v) is 6.66. The van der Waals surface area contributed by atoms with Crippen molar-refractivity contribution in [3.8, 4) is 5.75 Å². The van der Waals surface area contributed by atoms with Gasteiger partial charge in [-0.25, -0.2) is 4.79 Å². The molecule has 2 rings (SSSR count). The van der Waals surface area contributed by atoms with Gasteiger partial charge in [0, 0.05) is 30.9 Å². The molecule has 0 bridgehead atoms. The van der Waals surface area contributed by atoms with E-state index in [1.807, 2.05) is 17.0 Å². The fourth-order valence-corrected chi connectivity index (χ4v) is 2.32. The third-order valence-corrected chi connectivity index (χ3v) is 3.38. The van der Waals surface area contributed by atoms with E-state index in [1.54, 1.807) is 13.2 Å². The van der Waals surface area contributed by atoms with E-state index in [9.17, 15) is 4.79 Å². The van der Waals surface area contributed by atoms with Crippen LogP contribution in [0.3, 0.4) is 0 Å². The fourth-order valence-electron chi connectivity index (χ4n) is 2.32. The van der Waals surface area contributed by atoms with E-state index in [0.717, 1.165) is 37.2 Å². The van der Waals surface area contributed by atoms with Crippen LogP contribution in [0.25, 0.3) is 0 Å². The molecule has 3 N–H and O–H groups in total. The predicted octanol–water partition coefficient (Wildman–Crippen LogP) is 1.97. The molecular weight excluding hydrogens is 242 g/mol.